The first kappa shape index (κ1) is 15.1. The van der Waals surface area contributed by atoms with E-state index in [0.29, 0.717) is 6.54 Å². The molecule has 6 nitrogen and oxygen atoms in total. The van der Waals surface area contributed by atoms with Gasteiger partial charge in [-0.15, -0.1) is 0 Å². The lowest BCUT2D eigenvalue weighted by Gasteiger charge is -2.25. The Balaban J connectivity index is 1.85. The monoisotopic (exact) mass is 319 g/mol. The van der Waals surface area contributed by atoms with E-state index < -0.39 is 0 Å². The molecule has 1 aliphatic rings. The Hall–Kier alpha value is -1.76. The van der Waals surface area contributed by atoms with Crippen LogP contribution >= 0.6 is 11.7 Å². The summed E-state index contributed by atoms with van der Waals surface area (Å²) in [4.78, 5) is 14.4. The van der Waals surface area contributed by atoms with E-state index in [9.17, 15) is 4.79 Å². The fraction of sp³-hybridized carbons (Fsp3) is 0.600. The Morgan fingerprint density at radius 3 is 2.86 bits per heavy atom. The number of hydrogen-bond acceptors (Lipinski definition) is 6. The summed E-state index contributed by atoms with van der Waals surface area (Å²) in [5.41, 5.74) is 0.826. The minimum absolute atomic E-state index is 0.0451. The minimum atomic E-state index is -0.0658. The number of nitrogens with zero attached hydrogens (tertiary/aromatic N) is 5. The molecule has 1 aliphatic heterocycles. The maximum Gasteiger partial charge on any atom is 0.266 e. The van der Waals surface area contributed by atoms with Crippen LogP contribution in [0.1, 0.15) is 39.3 Å². The molecule has 0 spiro atoms. The standard InChI is InChI=1S/C15H21N5OS/c1-15(2,3)12-6-7-14(21)20(17-12)10-11-5-4-8-19(11)13-9-16-22-18-13/h6-7,9,11H,4-5,8,10H2,1-3H3. The third-order valence-corrected chi connectivity index (χ3v) is 4.51. The minimum Gasteiger partial charge on any atom is -0.350 e. The zero-order chi connectivity index (χ0) is 15.7. The largest absolute Gasteiger partial charge is 0.350 e. The lowest BCUT2D eigenvalue weighted by atomic mass is 9.92. The molecule has 0 bridgehead atoms. The average Bonchev–Trinajstić information content (AvgIpc) is 3.10. The third kappa shape index (κ3) is 3.04. The fourth-order valence-electron chi connectivity index (χ4n) is 2.79. The molecule has 1 saturated heterocycles. The van der Waals surface area contributed by atoms with Gasteiger partial charge in [0.25, 0.3) is 5.56 Å². The molecule has 0 radical (unpaired) electrons. The van der Waals surface area contributed by atoms with E-state index in [2.05, 4.69) is 39.5 Å². The van der Waals surface area contributed by atoms with E-state index >= 15 is 0 Å². The topological polar surface area (TPSA) is 63.9 Å². The summed E-state index contributed by atoms with van der Waals surface area (Å²) in [5.74, 6) is 0.910. The van der Waals surface area contributed by atoms with Crippen LogP contribution in [-0.4, -0.2) is 31.1 Å². The number of rotatable bonds is 3. The summed E-state index contributed by atoms with van der Waals surface area (Å²) in [6, 6.07) is 3.71. The van der Waals surface area contributed by atoms with Crippen LogP contribution in [0.3, 0.4) is 0 Å². The molecule has 0 saturated carbocycles. The molecule has 7 heteroatoms. The van der Waals surface area contributed by atoms with Crippen LogP contribution in [0.15, 0.2) is 23.1 Å². The molecule has 3 heterocycles. The Kier molecular flexibility index (Phi) is 3.99. The van der Waals surface area contributed by atoms with Crippen molar-refractivity contribution >= 4 is 17.5 Å². The van der Waals surface area contributed by atoms with Gasteiger partial charge in [-0.3, -0.25) is 4.79 Å². The predicted octanol–water partition coefficient (Wildman–Crippen LogP) is 2.06. The molecule has 1 atom stereocenters. The van der Waals surface area contributed by atoms with Crippen molar-refractivity contribution in [1.29, 1.82) is 0 Å². The van der Waals surface area contributed by atoms with E-state index in [4.69, 9.17) is 0 Å². The van der Waals surface area contributed by atoms with Gasteiger partial charge in [0, 0.05) is 18.0 Å². The van der Waals surface area contributed by atoms with E-state index in [1.54, 1.807) is 16.9 Å². The summed E-state index contributed by atoms with van der Waals surface area (Å²) in [6.07, 6.45) is 3.95. The highest BCUT2D eigenvalue weighted by atomic mass is 32.1. The van der Waals surface area contributed by atoms with Gasteiger partial charge in [0.05, 0.1) is 36.2 Å². The molecule has 0 amide bonds. The molecule has 3 rings (SSSR count). The third-order valence-electron chi connectivity index (χ3n) is 4.04. The zero-order valence-corrected chi connectivity index (χ0v) is 14.0. The molecule has 2 aromatic rings. The van der Waals surface area contributed by atoms with E-state index in [1.165, 1.54) is 11.7 Å². The Labute approximate surface area is 134 Å². The van der Waals surface area contributed by atoms with Crippen LogP contribution in [0, 0.1) is 0 Å². The van der Waals surface area contributed by atoms with Crippen LogP contribution in [0.2, 0.25) is 0 Å². The first-order valence-corrected chi connectivity index (χ1v) is 8.31. The van der Waals surface area contributed by atoms with Gasteiger partial charge in [-0.1, -0.05) is 20.8 Å². The number of hydrogen-bond donors (Lipinski definition) is 0. The molecule has 0 aliphatic carbocycles. The highest BCUT2D eigenvalue weighted by molar-refractivity contribution is 6.99. The maximum atomic E-state index is 12.1. The van der Waals surface area contributed by atoms with Crippen molar-refractivity contribution in [2.45, 2.75) is 51.6 Å². The molecule has 1 unspecified atom stereocenters. The van der Waals surface area contributed by atoms with Gasteiger partial charge in [0.15, 0.2) is 5.82 Å². The van der Waals surface area contributed by atoms with Crippen molar-refractivity contribution in [2.75, 3.05) is 11.4 Å². The average molecular weight is 319 g/mol. The normalized spacial score (nSPS) is 18.9. The van der Waals surface area contributed by atoms with E-state index in [0.717, 1.165) is 30.9 Å². The van der Waals surface area contributed by atoms with Gasteiger partial charge in [-0.2, -0.15) is 13.8 Å². The molecule has 118 valence electrons. The van der Waals surface area contributed by atoms with Crippen molar-refractivity contribution in [2.24, 2.45) is 0 Å². The van der Waals surface area contributed by atoms with Crippen molar-refractivity contribution in [1.82, 2.24) is 18.5 Å². The van der Waals surface area contributed by atoms with Crippen LogP contribution in [0.5, 0.6) is 0 Å². The van der Waals surface area contributed by atoms with Gasteiger partial charge < -0.3 is 4.90 Å². The Morgan fingerprint density at radius 2 is 2.18 bits per heavy atom. The summed E-state index contributed by atoms with van der Waals surface area (Å²) >= 11 is 1.22. The van der Waals surface area contributed by atoms with E-state index in [-0.39, 0.29) is 17.0 Å². The van der Waals surface area contributed by atoms with Crippen LogP contribution in [0.4, 0.5) is 5.82 Å². The summed E-state index contributed by atoms with van der Waals surface area (Å²) in [7, 11) is 0. The second-order valence-corrected chi connectivity index (χ2v) is 7.30. The summed E-state index contributed by atoms with van der Waals surface area (Å²) in [5, 5.41) is 4.57. The Morgan fingerprint density at radius 1 is 1.36 bits per heavy atom. The zero-order valence-electron chi connectivity index (χ0n) is 13.2. The van der Waals surface area contributed by atoms with E-state index in [1.807, 2.05) is 6.07 Å². The molecule has 1 fully saturated rings. The van der Waals surface area contributed by atoms with Gasteiger partial charge in [0.2, 0.25) is 0 Å². The predicted molar refractivity (Wildman–Crippen MR) is 87.5 cm³/mol. The molecule has 2 aromatic heterocycles. The first-order chi connectivity index (χ1) is 10.4. The van der Waals surface area contributed by atoms with Gasteiger partial charge in [-0.05, 0) is 18.9 Å². The van der Waals surface area contributed by atoms with Crippen LogP contribution in [-0.2, 0) is 12.0 Å². The molecule has 0 N–H and O–H groups in total. The van der Waals surface area contributed by atoms with Crippen molar-refractivity contribution in [3.63, 3.8) is 0 Å². The lowest BCUT2D eigenvalue weighted by molar-refractivity contribution is 0.457. The second kappa shape index (κ2) is 5.79. The highest BCUT2D eigenvalue weighted by Crippen LogP contribution is 2.25. The van der Waals surface area contributed by atoms with Crippen LogP contribution in [0.25, 0.3) is 0 Å². The maximum absolute atomic E-state index is 12.1. The molecule has 0 aromatic carbocycles. The van der Waals surface area contributed by atoms with Gasteiger partial charge in [0.1, 0.15) is 0 Å². The van der Waals surface area contributed by atoms with Crippen molar-refractivity contribution in [3.05, 3.63) is 34.4 Å². The Bertz CT molecular complexity index is 689. The molecular formula is C15H21N5OS. The van der Waals surface area contributed by atoms with Crippen LogP contribution < -0.4 is 10.5 Å². The van der Waals surface area contributed by atoms with Gasteiger partial charge >= 0.3 is 0 Å². The quantitative estimate of drug-likeness (QED) is 0.866. The summed E-state index contributed by atoms with van der Waals surface area (Å²) in [6.45, 7) is 7.87. The summed E-state index contributed by atoms with van der Waals surface area (Å²) < 4.78 is 10.00. The molecular weight excluding hydrogens is 298 g/mol. The lowest BCUT2D eigenvalue weighted by Crippen LogP contribution is -2.38. The fourth-order valence-corrected chi connectivity index (χ4v) is 3.22. The SMILES string of the molecule is CC(C)(C)c1ccc(=O)n(CC2CCCN2c2cnsn2)n1. The molecule has 22 heavy (non-hydrogen) atoms. The smallest absolute Gasteiger partial charge is 0.266 e. The van der Waals surface area contributed by atoms with Gasteiger partial charge in [-0.25, -0.2) is 4.68 Å². The van der Waals surface area contributed by atoms with Crippen molar-refractivity contribution in [3.8, 4) is 0 Å². The first-order valence-electron chi connectivity index (χ1n) is 7.58. The number of aromatic nitrogens is 4. The second-order valence-electron chi connectivity index (χ2n) is 6.74. The number of anilines is 1. The van der Waals surface area contributed by atoms with Crippen molar-refractivity contribution < 1.29 is 0 Å². The highest BCUT2D eigenvalue weighted by Gasteiger charge is 2.27.